The molecule has 1 heterocycles. The predicted molar refractivity (Wildman–Crippen MR) is 75.2 cm³/mol. The van der Waals surface area contributed by atoms with Crippen molar-refractivity contribution in [2.75, 3.05) is 21.3 Å². The summed E-state index contributed by atoms with van der Waals surface area (Å²) >= 11 is 0. The molecule has 1 aromatic carbocycles. The van der Waals surface area contributed by atoms with E-state index in [1.165, 1.54) is 0 Å². The number of H-pyrrole nitrogens is 1. The van der Waals surface area contributed by atoms with Gasteiger partial charge in [0, 0.05) is 36.5 Å². The van der Waals surface area contributed by atoms with Crippen LogP contribution in [0.4, 0.5) is 0 Å². The number of benzene rings is 1. The Labute approximate surface area is 118 Å². The number of aromatic nitrogens is 2. The van der Waals surface area contributed by atoms with E-state index < -0.39 is 0 Å². The van der Waals surface area contributed by atoms with Crippen molar-refractivity contribution >= 4 is 0 Å². The highest BCUT2D eigenvalue weighted by Crippen LogP contribution is 2.34. The second-order valence-corrected chi connectivity index (χ2v) is 4.23. The zero-order valence-corrected chi connectivity index (χ0v) is 11.9. The molecule has 0 saturated carbocycles. The largest absolute Gasteiger partial charge is 0.496 e. The van der Waals surface area contributed by atoms with Gasteiger partial charge in [0.25, 0.3) is 0 Å². The standard InChI is InChI=1S/C14H19N3O3/c1-18-12-5-14(20-3)13(19-2)4-11(12)9-15-6-10-7-16-17-8-10/h4-5,7-8,15H,6,9H2,1-3H3,(H,16,17). The van der Waals surface area contributed by atoms with Gasteiger partial charge in [-0.1, -0.05) is 0 Å². The lowest BCUT2D eigenvalue weighted by Crippen LogP contribution is -2.13. The van der Waals surface area contributed by atoms with Gasteiger partial charge in [-0.05, 0) is 6.07 Å². The van der Waals surface area contributed by atoms with Crippen LogP contribution in [0.3, 0.4) is 0 Å². The van der Waals surface area contributed by atoms with Crippen molar-refractivity contribution in [1.82, 2.24) is 15.5 Å². The third-order valence-corrected chi connectivity index (χ3v) is 2.99. The second-order valence-electron chi connectivity index (χ2n) is 4.23. The van der Waals surface area contributed by atoms with E-state index in [4.69, 9.17) is 14.2 Å². The van der Waals surface area contributed by atoms with E-state index in [2.05, 4.69) is 15.5 Å². The number of hydrogen-bond donors (Lipinski definition) is 2. The highest BCUT2D eigenvalue weighted by Gasteiger charge is 2.11. The van der Waals surface area contributed by atoms with Crippen molar-refractivity contribution in [3.05, 3.63) is 35.7 Å². The van der Waals surface area contributed by atoms with E-state index in [0.717, 1.165) is 23.4 Å². The van der Waals surface area contributed by atoms with Crippen LogP contribution in [-0.4, -0.2) is 31.5 Å². The van der Waals surface area contributed by atoms with Crippen molar-refractivity contribution in [2.24, 2.45) is 0 Å². The summed E-state index contributed by atoms with van der Waals surface area (Å²) < 4.78 is 15.9. The van der Waals surface area contributed by atoms with Crippen molar-refractivity contribution in [1.29, 1.82) is 0 Å². The van der Waals surface area contributed by atoms with Gasteiger partial charge in [0.2, 0.25) is 0 Å². The lowest BCUT2D eigenvalue weighted by Gasteiger charge is -2.14. The molecule has 2 N–H and O–H groups in total. The molecule has 108 valence electrons. The molecular weight excluding hydrogens is 258 g/mol. The summed E-state index contributed by atoms with van der Waals surface area (Å²) in [6, 6.07) is 3.74. The molecule has 1 aromatic heterocycles. The van der Waals surface area contributed by atoms with Crippen LogP contribution in [0, 0.1) is 0 Å². The van der Waals surface area contributed by atoms with Gasteiger partial charge in [0.1, 0.15) is 5.75 Å². The lowest BCUT2D eigenvalue weighted by atomic mass is 10.1. The van der Waals surface area contributed by atoms with E-state index in [9.17, 15) is 0 Å². The van der Waals surface area contributed by atoms with E-state index in [0.29, 0.717) is 18.0 Å². The number of methoxy groups -OCH3 is 3. The molecule has 2 rings (SSSR count). The quantitative estimate of drug-likeness (QED) is 0.806. The molecule has 6 heteroatoms. The SMILES string of the molecule is COc1cc(OC)c(OC)cc1CNCc1cn[nH]c1. The third kappa shape index (κ3) is 3.21. The van der Waals surface area contributed by atoms with Gasteiger partial charge in [0.05, 0.1) is 27.5 Å². The Balaban J connectivity index is 2.09. The molecular formula is C14H19N3O3. The highest BCUT2D eigenvalue weighted by atomic mass is 16.5. The van der Waals surface area contributed by atoms with Crippen LogP contribution < -0.4 is 19.5 Å². The molecule has 0 amide bonds. The summed E-state index contributed by atoms with van der Waals surface area (Å²) in [6.07, 6.45) is 3.65. The van der Waals surface area contributed by atoms with Crippen LogP contribution in [0.15, 0.2) is 24.5 Å². The average Bonchev–Trinajstić information content (AvgIpc) is 2.99. The maximum Gasteiger partial charge on any atom is 0.164 e. The Kier molecular flexibility index (Phi) is 4.84. The van der Waals surface area contributed by atoms with E-state index >= 15 is 0 Å². The smallest absolute Gasteiger partial charge is 0.164 e. The van der Waals surface area contributed by atoms with Crippen LogP contribution in [0.25, 0.3) is 0 Å². The first-order valence-corrected chi connectivity index (χ1v) is 6.25. The maximum atomic E-state index is 5.38. The Morgan fingerprint density at radius 3 is 2.30 bits per heavy atom. The number of nitrogens with one attached hydrogen (secondary N) is 2. The van der Waals surface area contributed by atoms with E-state index in [1.807, 2.05) is 18.3 Å². The monoisotopic (exact) mass is 277 g/mol. The first-order chi connectivity index (χ1) is 9.78. The summed E-state index contributed by atoms with van der Waals surface area (Å²) in [5, 5.41) is 10.0. The van der Waals surface area contributed by atoms with Gasteiger partial charge in [-0.25, -0.2) is 0 Å². The molecule has 0 atom stereocenters. The van der Waals surface area contributed by atoms with Crippen molar-refractivity contribution in [3.63, 3.8) is 0 Å². The van der Waals surface area contributed by atoms with Crippen LogP contribution in [-0.2, 0) is 13.1 Å². The zero-order valence-electron chi connectivity index (χ0n) is 11.9. The Morgan fingerprint density at radius 1 is 1.00 bits per heavy atom. The number of rotatable bonds is 7. The fourth-order valence-electron chi connectivity index (χ4n) is 1.95. The van der Waals surface area contributed by atoms with E-state index in [1.54, 1.807) is 27.5 Å². The van der Waals surface area contributed by atoms with Crippen molar-refractivity contribution < 1.29 is 14.2 Å². The Morgan fingerprint density at radius 2 is 1.70 bits per heavy atom. The molecule has 0 radical (unpaired) electrons. The third-order valence-electron chi connectivity index (χ3n) is 2.99. The van der Waals surface area contributed by atoms with Gasteiger partial charge in [0.15, 0.2) is 11.5 Å². The minimum absolute atomic E-state index is 0.655. The molecule has 0 aliphatic heterocycles. The minimum Gasteiger partial charge on any atom is -0.496 e. The summed E-state index contributed by atoms with van der Waals surface area (Å²) in [4.78, 5) is 0. The maximum absolute atomic E-state index is 5.38. The van der Waals surface area contributed by atoms with Gasteiger partial charge in [-0.3, -0.25) is 5.10 Å². The molecule has 20 heavy (non-hydrogen) atoms. The predicted octanol–water partition coefficient (Wildman–Crippen LogP) is 1.73. The fraction of sp³-hybridized carbons (Fsp3) is 0.357. The second kappa shape index (κ2) is 6.81. The molecule has 0 bridgehead atoms. The Hall–Kier alpha value is -2.21. The summed E-state index contributed by atoms with van der Waals surface area (Å²) in [6.45, 7) is 1.39. The normalized spacial score (nSPS) is 10.3. The lowest BCUT2D eigenvalue weighted by molar-refractivity contribution is 0.347. The first-order valence-electron chi connectivity index (χ1n) is 6.25. The molecule has 6 nitrogen and oxygen atoms in total. The first kappa shape index (κ1) is 14.2. The molecule has 0 fully saturated rings. The van der Waals surface area contributed by atoms with Gasteiger partial charge in [-0.15, -0.1) is 0 Å². The summed E-state index contributed by atoms with van der Waals surface area (Å²) in [5.41, 5.74) is 2.11. The topological polar surface area (TPSA) is 68.4 Å². The van der Waals surface area contributed by atoms with Crippen LogP contribution in [0.1, 0.15) is 11.1 Å². The number of ether oxygens (including phenoxy) is 3. The van der Waals surface area contributed by atoms with Crippen LogP contribution in [0.5, 0.6) is 17.2 Å². The van der Waals surface area contributed by atoms with Gasteiger partial charge < -0.3 is 19.5 Å². The number of aromatic amines is 1. The molecule has 0 unspecified atom stereocenters. The van der Waals surface area contributed by atoms with Crippen LogP contribution in [0.2, 0.25) is 0 Å². The highest BCUT2D eigenvalue weighted by molar-refractivity contribution is 5.50. The Bertz CT molecular complexity index is 541. The summed E-state index contributed by atoms with van der Waals surface area (Å²) in [5.74, 6) is 2.11. The number of hydrogen-bond acceptors (Lipinski definition) is 5. The fourth-order valence-corrected chi connectivity index (χ4v) is 1.95. The minimum atomic E-state index is 0.655. The molecule has 0 aliphatic carbocycles. The average molecular weight is 277 g/mol. The van der Waals surface area contributed by atoms with Gasteiger partial charge in [-0.2, -0.15) is 5.10 Å². The molecule has 0 spiro atoms. The zero-order chi connectivity index (χ0) is 14.4. The van der Waals surface area contributed by atoms with Crippen LogP contribution >= 0.6 is 0 Å². The molecule has 0 saturated heterocycles. The summed E-state index contributed by atoms with van der Waals surface area (Å²) in [7, 11) is 4.86. The molecule has 0 aliphatic rings. The van der Waals surface area contributed by atoms with Gasteiger partial charge >= 0.3 is 0 Å². The van der Waals surface area contributed by atoms with E-state index in [-0.39, 0.29) is 0 Å². The van der Waals surface area contributed by atoms with Crippen molar-refractivity contribution in [2.45, 2.75) is 13.1 Å². The van der Waals surface area contributed by atoms with Crippen molar-refractivity contribution in [3.8, 4) is 17.2 Å². The number of nitrogens with zero attached hydrogens (tertiary/aromatic N) is 1. The molecule has 2 aromatic rings.